The van der Waals surface area contributed by atoms with Crippen molar-refractivity contribution in [3.63, 3.8) is 0 Å². The molecule has 0 aromatic carbocycles. The Morgan fingerprint density at radius 3 is 1.15 bits per heavy atom. The molecule has 0 spiro atoms. The third kappa shape index (κ3) is 20.4. The monoisotopic (exact) mass is 387 g/mol. The summed E-state index contributed by atoms with van der Waals surface area (Å²) < 4.78 is 0. The number of hydrogen-bond acceptors (Lipinski definition) is 3. The van der Waals surface area contributed by atoms with Crippen LogP contribution in [0.1, 0.15) is 122 Å². The van der Waals surface area contributed by atoms with Crippen molar-refractivity contribution in [2.45, 2.75) is 135 Å². The summed E-state index contributed by atoms with van der Waals surface area (Å²) in [6.07, 6.45) is 23.3. The van der Waals surface area contributed by atoms with Crippen LogP contribution in [0.2, 0.25) is 12.1 Å². The van der Waals surface area contributed by atoms with E-state index >= 15 is 0 Å². The third-order valence-corrected chi connectivity index (χ3v) is 7.77. The van der Waals surface area contributed by atoms with Crippen LogP contribution in [0.3, 0.4) is 0 Å². The van der Waals surface area contributed by atoms with Gasteiger partial charge in [0.15, 0.2) is 0 Å². The molecule has 0 radical (unpaired) electrons. The first-order valence-corrected chi connectivity index (χ1v) is 14.1. The van der Waals surface area contributed by atoms with Crippen molar-refractivity contribution in [3.05, 3.63) is 0 Å². The molecule has 0 bridgehead atoms. The van der Waals surface area contributed by atoms with Crippen molar-refractivity contribution in [2.24, 2.45) is 5.73 Å². The Labute approximate surface area is 165 Å². The van der Waals surface area contributed by atoms with Crippen LogP contribution in [0.5, 0.6) is 0 Å². The molecule has 0 fully saturated rings. The quantitative estimate of drug-likeness (QED) is 0.157. The van der Waals surface area contributed by atoms with Crippen molar-refractivity contribution in [1.82, 2.24) is 0 Å². The molecule has 3 nitrogen and oxygen atoms in total. The third-order valence-electron chi connectivity index (χ3n) is 5.46. The Balaban J connectivity index is 3.13. The van der Waals surface area contributed by atoms with Gasteiger partial charge in [-0.3, -0.25) is 0 Å². The van der Waals surface area contributed by atoms with Crippen LogP contribution in [-0.2, 0) is 0 Å². The highest BCUT2D eigenvalue weighted by molar-refractivity contribution is 6.64. The molecular formula is C22H49NO2Si. The number of nitrogens with two attached hydrogens (primary N) is 1. The maximum absolute atomic E-state index is 9.96. The van der Waals surface area contributed by atoms with Crippen molar-refractivity contribution in [1.29, 1.82) is 0 Å². The van der Waals surface area contributed by atoms with Crippen LogP contribution in [-0.4, -0.2) is 24.7 Å². The molecule has 4 heteroatoms. The largest absolute Gasteiger partial charge is 0.411 e. The van der Waals surface area contributed by atoms with E-state index in [1.807, 2.05) is 0 Å². The fourth-order valence-corrected chi connectivity index (χ4v) is 5.60. The summed E-state index contributed by atoms with van der Waals surface area (Å²) in [7, 11) is -2.84. The summed E-state index contributed by atoms with van der Waals surface area (Å²) in [6, 6.07) is 1.35. The zero-order chi connectivity index (χ0) is 19.3. The first-order chi connectivity index (χ1) is 12.6. The molecule has 0 aliphatic heterocycles. The SMILES string of the molecule is CCCC[Si](O)(O)CCCCCCCCCCCCCCCCCCN. The van der Waals surface area contributed by atoms with Gasteiger partial charge in [0, 0.05) is 0 Å². The topological polar surface area (TPSA) is 66.5 Å². The zero-order valence-electron chi connectivity index (χ0n) is 17.8. The molecule has 0 aliphatic carbocycles. The van der Waals surface area contributed by atoms with Crippen molar-refractivity contribution < 1.29 is 9.59 Å². The minimum atomic E-state index is -2.84. The molecular weight excluding hydrogens is 338 g/mol. The Morgan fingerprint density at radius 2 is 0.808 bits per heavy atom. The molecule has 0 aromatic rings. The molecule has 0 aliphatic rings. The molecule has 0 amide bonds. The second-order valence-electron chi connectivity index (χ2n) is 8.28. The van der Waals surface area contributed by atoms with Gasteiger partial charge >= 0.3 is 8.56 Å². The summed E-state index contributed by atoms with van der Waals surface area (Å²) in [4.78, 5) is 19.9. The average Bonchev–Trinajstić information content (AvgIpc) is 2.62. The van der Waals surface area contributed by atoms with Gasteiger partial charge in [0.25, 0.3) is 0 Å². The Morgan fingerprint density at radius 1 is 0.500 bits per heavy atom. The first kappa shape index (κ1) is 26.1. The van der Waals surface area contributed by atoms with Crippen LogP contribution in [0.4, 0.5) is 0 Å². The highest BCUT2D eigenvalue weighted by Crippen LogP contribution is 2.18. The van der Waals surface area contributed by atoms with E-state index in [1.165, 1.54) is 96.3 Å². The summed E-state index contributed by atoms with van der Waals surface area (Å²) in [5, 5.41) is 0. The second kappa shape index (κ2) is 19.8. The van der Waals surface area contributed by atoms with Crippen molar-refractivity contribution in [2.75, 3.05) is 6.54 Å². The number of unbranched alkanes of at least 4 members (excludes halogenated alkanes) is 16. The summed E-state index contributed by atoms with van der Waals surface area (Å²) in [6.45, 7) is 2.96. The van der Waals surface area contributed by atoms with E-state index in [0.717, 1.165) is 25.8 Å². The minimum absolute atomic E-state index is 0.664. The van der Waals surface area contributed by atoms with E-state index in [-0.39, 0.29) is 0 Å². The molecule has 0 unspecified atom stereocenters. The maximum atomic E-state index is 9.96. The van der Waals surface area contributed by atoms with E-state index in [9.17, 15) is 9.59 Å². The normalized spacial score (nSPS) is 12.0. The predicted molar refractivity (Wildman–Crippen MR) is 118 cm³/mol. The molecule has 0 aromatic heterocycles. The van der Waals surface area contributed by atoms with E-state index in [0.29, 0.717) is 12.1 Å². The van der Waals surface area contributed by atoms with Crippen molar-refractivity contribution in [3.8, 4) is 0 Å². The number of rotatable bonds is 21. The molecule has 0 saturated heterocycles. The van der Waals surface area contributed by atoms with E-state index in [1.54, 1.807) is 0 Å². The molecule has 0 rings (SSSR count). The summed E-state index contributed by atoms with van der Waals surface area (Å²) in [5.41, 5.74) is 5.50. The van der Waals surface area contributed by atoms with E-state index < -0.39 is 8.56 Å². The molecule has 26 heavy (non-hydrogen) atoms. The van der Waals surface area contributed by atoms with Gasteiger partial charge in [-0.25, -0.2) is 0 Å². The van der Waals surface area contributed by atoms with Gasteiger partial charge in [-0.05, 0) is 25.1 Å². The van der Waals surface area contributed by atoms with Crippen LogP contribution in [0, 0.1) is 0 Å². The fourth-order valence-electron chi connectivity index (χ4n) is 3.61. The highest BCUT2D eigenvalue weighted by Gasteiger charge is 2.26. The standard InChI is InChI=1S/C22H49NO2Si/c1-2-3-21-26(24,25)22-19-17-15-13-11-9-7-5-4-6-8-10-12-14-16-18-20-23/h24-25H,2-23H2,1H3. The van der Waals surface area contributed by atoms with E-state index in [4.69, 9.17) is 5.73 Å². The predicted octanol–water partition coefficient (Wildman–Crippen LogP) is 6.41. The average molecular weight is 388 g/mol. The van der Waals surface area contributed by atoms with Crippen molar-refractivity contribution >= 4 is 8.56 Å². The lowest BCUT2D eigenvalue weighted by Gasteiger charge is -2.17. The van der Waals surface area contributed by atoms with E-state index in [2.05, 4.69) is 6.92 Å². The van der Waals surface area contributed by atoms with Crippen LogP contribution in [0.25, 0.3) is 0 Å². The molecule has 0 saturated carbocycles. The minimum Gasteiger partial charge on any atom is -0.411 e. The lowest BCUT2D eigenvalue weighted by molar-refractivity contribution is 0.351. The number of hydrogen-bond donors (Lipinski definition) is 3. The Kier molecular flexibility index (Phi) is 19.9. The van der Waals surface area contributed by atoms with Gasteiger partial charge in [0.1, 0.15) is 0 Å². The van der Waals surface area contributed by atoms with Gasteiger partial charge < -0.3 is 15.3 Å². The van der Waals surface area contributed by atoms with Gasteiger partial charge in [0.05, 0.1) is 0 Å². The van der Waals surface area contributed by atoms with Gasteiger partial charge in [-0.1, -0.05) is 116 Å². The zero-order valence-corrected chi connectivity index (χ0v) is 18.8. The van der Waals surface area contributed by atoms with Crippen LogP contribution >= 0.6 is 0 Å². The maximum Gasteiger partial charge on any atom is 0.332 e. The molecule has 4 N–H and O–H groups in total. The Bertz CT molecular complexity index is 275. The molecule has 158 valence electrons. The summed E-state index contributed by atoms with van der Waals surface area (Å²) in [5.74, 6) is 0. The smallest absolute Gasteiger partial charge is 0.332 e. The highest BCUT2D eigenvalue weighted by atomic mass is 28.4. The molecule has 0 atom stereocenters. The first-order valence-electron chi connectivity index (χ1n) is 11.8. The Hall–Kier alpha value is 0.0969. The van der Waals surface area contributed by atoms with Crippen LogP contribution in [0.15, 0.2) is 0 Å². The molecule has 0 heterocycles. The van der Waals surface area contributed by atoms with Gasteiger partial charge in [0.2, 0.25) is 0 Å². The second-order valence-corrected chi connectivity index (χ2v) is 11.2. The van der Waals surface area contributed by atoms with Crippen LogP contribution < -0.4 is 5.73 Å². The lowest BCUT2D eigenvalue weighted by atomic mass is 10.0. The van der Waals surface area contributed by atoms with Gasteiger partial charge in [-0.2, -0.15) is 0 Å². The van der Waals surface area contributed by atoms with Gasteiger partial charge in [-0.15, -0.1) is 0 Å². The lowest BCUT2D eigenvalue weighted by Crippen LogP contribution is -2.33. The summed E-state index contributed by atoms with van der Waals surface area (Å²) >= 11 is 0. The fraction of sp³-hybridized carbons (Fsp3) is 1.00.